The fourth-order valence-corrected chi connectivity index (χ4v) is 0.904. The van der Waals surface area contributed by atoms with E-state index < -0.39 is 5.38 Å². The minimum Gasteiger partial charge on any atom is -0.328 e. The number of carbonyl (C=O) groups excluding carboxylic acids is 1. The zero-order chi connectivity index (χ0) is 9.68. The van der Waals surface area contributed by atoms with Gasteiger partial charge in [0.05, 0.1) is 0 Å². The fourth-order valence-electron chi connectivity index (χ4n) is 0.849. The molecule has 0 aliphatic rings. The molecule has 0 spiro atoms. The molecule has 1 aromatic rings. The number of para-hydroxylation sites is 1. The quantitative estimate of drug-likeness (QED) is 0.717. The van der Waals surface area contributed by atoms with Crippen molar-refractivity contribution in [2.45, 2.75) is 5.38 Å². The van der Waals surface area contributed by atoms with Gasteiger partial charge in [-0.05, 0) is 12.1 Å². The lowest BCUT2D eigenvalue weighted by molar-refractivity contribution is -0.115. The summed E-state index contributed by atoms with van der Waals surface area (Å²) in [5, 5.41) is 1.98. The van der Waals surface area contributed by atoms with Crippen LogP contribution < -0.4 is 11.1 Å². The molecular weight excluding hydrogens is 188 g/mol. The van der Waals surface area contributed by atoms with Gasteiger partial charge in [-0.1, -0.05) is 18.2 Å². The summed E-state index contributed by atoms with van der Waals surface area (Å²) in [6.07, 6.45) is 0. The molecule has 0 heterocycles. The van der Waals surface area contributed by atoms with Crippen molar-refractivity contribution in [3.05, 3.63) is 30.3 Å². The zero-order valence-electron chi connectivity index (χ0n) is 7.03. The summed E-state index contributed by atoms with van der Waals surface area (Å²) in [4.78, 5) is 11.2. The number of nitrogens with two attached hydrogens (primary N) is 1. The largest absolute Gasteiger partial charge is 0.328 e. The summed E-state index contributed by atoms with van der Waals surface area (Å²) in [5.41, 5.74) is 5.96. The van der Waals surface area contributed by atoms with Gasteiger partial charge in [0.25, 0.3) is 0 Å². The number of halogens is 1. The number of hydrogen-bond acceptors (Lipinski definition) is 2. The summed E-state index contributed by atoms with van der Waals surface area (Å²) in [6, 6.07) is 9.12. The summed E-state index contributed by atoms with van der Waals surface area (Å²) >= 11 is 5.63. The van der Waals surface area contributed by atoms with Gasteiger partial charge in [-0.3, -0.25) is 4.79 Å². The first-order chi connectivity index (χ1) is 6.24. The minimum absolute atomic E-state index is 0.139. The van der Waals surface area contributed by atoms with E-state index in [2.05, 4.69) is 5.32 Å². The molecule has 3 nitrogen and oxygen atoms in total. The number of carbonyl (C=O) groups is 1. The summed E-state index contributed by atoms with van der Waals surface area (Å²) in [5.74, 6) is -0.268. The highest BCUT2D eigenvalue weighted by atomic mass is 35.5. The van der Waals surface area contributed by atoms with Gasteiger partial charge in [-0.25, -0.2) is 0 Å². The van der Waals surface area contributed by atoms with Gasteiger partial charge in [0.15, 0.2) is 0 Å². The van der Waals surface area contributed by atoms with Crippen molar-refractivity contribution in [2.24, 2.45) is 5.73 Å². The first-order valence-corrected chi connectivity index (χ1v) is 4.37. The van der Waals surface area contributed by atoms with Crippen LogP contribution in [0.5, 0.6) is 0 Å². The van der Waals surface area contributed by atoms with E-state index in [4.69, 9.17) is 17.3 Å². The van der Waals surface area contributed by atoms with E-state index in [-0.39, 0.29) is 12.5 Å². The van der Waals surface area contributed by atoms with Crippen molar-refractivity contribution in [3.63, 3.8) is 0 Å². The molecule has 3 N–H and O–H groups in total. The highest BCUT2D eigenvalue weighted by molar-refractivity contribution is 6.32. The Balaban J connectivity index is 2.55. The summed E-state index contributed by atoms with van der Waals surface area (Å²) in [7, 11) is 0. The number of alkyl halides is 1. The van der Waals surface area contributed by atoms with Crippen LogP contribution in [-0.4, -0.2) is 17.8 Å². The molecule has 1 amide bonds. The Labute approximate surface area is 81.9 Å². The molecule has 0 saturated heterocycles. The maximum absolute atomic E-state index is 11.2. The number of hydrogen-bond donors (Lipinski definition) is 2. The molecular formula is C9H11ClN2O. The Morgan fingerprint density at radius 1 is 1.46 bits per heavy atom. The fraction of sp³-hybridized carbons (Fsp3) is 0.222. The monoisotopic (exact) mass is 198 g/mol. The van der Waals surface area contributed by atoms with Crippen molar-refractivity contribution < 1.29 is 4.79 Å². The molecule has 0 fully saturated rings. The van der Waals surface area contributed by atoms with E-state index in [1.54, 1.807) is 12.1 Å². The van der Waals surface area contributed by atoms with Crippen molar-refractivity contribution >= 4 is 23.2 Å². The van der Waals surface area contributed by atoms with Gasteiger partial charge in [0.1, 0.15) is 5.38 Å². The van der Waals surface area contributed by atoms with Crippen molar-refractivity contribution in [1.82, 2.24) is 0 Å². The van der Waals surface area contributed by atoms with Crippen molar-refractivity contribution in [1.29, 1.82) is 0 Å². The molecule has 0 aliphatic carbocycles. The van der Waals surface area contributed by atoms with E-state index in [0.29, 0.717) is 0 Å². The van der Waals surface area contributed by atoms with Gasteiger partial charge in [0.2, 0.25) is 5.91 Å². The first-order valence-electron chi connectivity index (χ1n) is 3.94. The molecule has 1 unspecified atom stereocenters. The number of benzene rings is 1. The maximum atomic E-state index is 11.2. The van der Waals surface area contributed by atoms with Crippen LogP contribution in [0, 0.1) is 0 Å². The second-order valence-corrected chi connectivity index (χ2v) is 3.09. The smallest absolute Gasteiger partial charge is 0.243 e. The van der Waals surface area contributed by atoms with Crippen LogP contribution in [0.15, 0.2) is 30.3 Å². The topological polar surface area (TPSA) is 55.1 Å². The van der Waals surface area contributed by atoms with Gasteiger partial charge in [-0.15, -0.1) is 11.6 Å². The van der Waals surface area contributed by atoms with Gasteiger partial charge in [-0.2, -0.15) is 0 Å². The van der Waals surface area contributed by atoms with E-state index in [1.165, 1.54) is 0 Å². The molecule has 1 rings (SSSR count). The maximum Gasteiger partial charge on any atom is 0.243 e. The van der Waals surface area contributed by atoms with Crippen molar-refractivity contribution in [2.75, 3.05) is 11.9 Å². The molecule has 4 heteroatoms. The van der Waals surface area contributed by atoms with Crippen LogP contribution in [0.4, 0.5) is 5.69 Å². The molecule has 1 atom stereocenters. The lowest BCUT2D eigenvalue weighted by Gasteiger charge is -2.07. The first kappa shape index (κ1) is 10.0. The summed E-state index contributed by atoms with van der Waals surface area (Å²) < 4.78 is 0. The number of rotatable bonds is 3. The van der Waals surface area contributed by atoms with Crippen LogP contribution >= 0.6 is 11.6 Å². The van der Waals surface area contributed by atoms with E-state index in [1.807, 2.05) is 18.2 Å². The van der Waals surface area contributed by atoms with Crippen LogP contribution in [0.3, 0.4) is 0 Å². The Kier molecular flexibility index (Phi) is 3.73. The van der Waals surface area contributed by atoms with Crippen molar-refractivity contribution in [3.8, 4) is 0 Å². The predicted molar refractivity (Wildman–Crippen MR) is 53.8 cm³/mol. The summed E-state index contributed by atoms with van der Waals surface area (Å²) in [6.45, 7) is 0.139. The molecule has 0 aromatic heterocycles. The third-order valence-corrected chi connectivity index (χ3v) is 1.91. The van der Waals surface area contributed by atoms with Gasteiger partial charge < -0.3 is 11.1 Å². The molecule has 13 heavy (non-hydrogen) atoms. The number of anilines is 1. The molecule has 0 saturated carbocycles. The van der Waals surface area contributed by atoms with Crippen LogP contribution in [-0.2, 0) is 4.79 Å². The molecule has 70 valence electrons. The minimum atomic E-state index is -0.666. The van der Waals surface area contributed by atoms with E-state index in [0.717, 1.165) is 5.69 Å². The Morgan fingerprint density at radius 2 is 2.08 bits per heavy atom. The molecule has 0 bridgehead atoms. The second-order valence-electron chi connectivity index (χ2n) is 2.56. The third kappa shape index (κ3) is 3.05. The van der Waals surface area contributed by atoms with Crippen LogP contribution in [0.2, 0.25) is 0 Å². The van der Waals surface area contributed by atoms with Gasteiger partial charge in [0, 0.05) is 12.2 Å². The van der Waals surface area contributed by atoms with Crippen LogP contribution in [0.1, 0.15) is 0 Å². The average molecular weight is 199 g/mol. The molecule has 0 radical (unpaired) electrons. The molecule has 1 aromatic carbocycles. The molecule has 0 aliphatic heterocycles. The lowest BCUT2D eigenvalue weighted by atomic mass is 10.3. The van der Waals surface area contributed by atoms with E-state index in [9.17, 15) is 4.79 Å². The zero-order valence-corrected chi connectivity index (χ0v) is 7.79. The predicted octanol–water partition coefficient (Wildman–Crippen LogP) is 1.19. The van der Waals surface area contributed by atoms with Gasteiger partial charge >= 0.3 is 0 Å². The van der Waals surface area contributed by atoms with Crippen LogP contribution in [0.25, 0.3) is 0 Å². The lowest BCUT2D eigenvalue weighted by Crippen LogP contribution is -2.29. The normalized spacial score (nSPS) is 12.2. The Hall–Kier alpha value is -1.06. The SMILES string of the molecule is NCC(Cl)C(=O)Nc1ccccc1. The standard InChI is InChI=1S/C9H11ClN2O/c10-8(6-11)9(13)12-7-4-2-1-3-5-7/h1-5,8H,6,11H2,(H,12,13). The second kappa shape index (κ2) is 4.84. The number of amides is 1. The highest BCUT2D eigenvalue weighted by Gasteiger charge is 2.12. The Bertz CT molecular complexity index is 276. The average Bonchev–Trinajstić information content (AvgIpc) is 2.18. The van der Waals surface area contributed by atoms with E-state index >= 15 is 0 Å². The number of nitrogens with one attached hydrogen (secondary N) is 1. The Morgan fingerprint density at radius 3 is 2.62 bits per heavy atom. The third-order valence-electron chi connectivity index (χ3n) is 1.53. The highest BCUT2D eigenvalue weighted by Crippen LogP contribution is 2.06.